The Morgan fingerprint density at radius 1 is 0.550 bits per heavy atom. The number of hydrogen-bond donors (Lipinski definition) is 0. The first-order chi connectivity index (χ1) is 19.6. The fourth-order valence-corrected chi connectivity index (χ4v) is 6.27. The van der Waals surface area contributed by atoms with Crippen LogP contribution in [0, 0.1) is 0 Å². The van der Waals surface area contributed by atoms with E-state index in [9.17, 15) is 0 Å². The fourth-order valence-electron chi connectivity index (χ4n) is 6.27. The average Bonchev–Trinajstić information content (AvgIpc) is 3.50. The molecule has 0 saturated heterocycles. The van der Waals surface area contributed by atoms with Crippen molar-refractivity contribution in [3.05, 3.63) is 132 Å². The molecule has 0 saturated carbocycles. The van der Waals surface area contributed by atoms with Gasteiger partial charge in [-0.2, -0.15) is 0 Å². The van der Waals surface area contributed by atoms with Gasteiger partial charge >= 0.3 is 0 Å². The number of benzene rings is 5. The molecule has 0 spiro atoms. The summed E-state index contributed by atoms with van der Waals surface area (Å²) >= 11 is 0. The molecule has 0 N–H and O–H groups in total. The normalized spacial score (nSPS) is 13.4. The van der Waals surface area contributed by atoms with Crippen molar-refractivity contribution in [2.45, 2.75) is 19.3 Å². The summed E-state index contributed by atoms with van der Waals surface area (Å²) in [6.45, 7) is 4.64. The van der Waals surface area contributed by atoms with Crippen molar-refractivity contribution in [1.29, 1.82) is 0 Å². The summed E-state index contributed by atoms with van der Waals surface area (Å²) in [6, 6.07) is 42.2. The zero-order valence-electron chi connectivity index (χ0n) is 22.3. The molecule has 3 heteroatoms. The van der Waals surface area contributed by atoms with Gasteiger partial charge in [0.15, 0.2) is 5.82 Å². The van der Waals surface area contributed by atoms with Gasteiger partial charge in [-0.1, -0.05) is 111 Å². The summed E-state index contributed by atoms with van der Waals surface area (Å²) in [5.74, 6) is 0.728. The minimum Gasteiger partial charge on any atom is -0.456 e. The highest BCUT2D eigenvalue weighted by Gasteiger charge is 2.37. The molecular weight excluding hydrogens is 488 g/mol. The number of rotatable bonds is 3. The van der Waals surface area contributed by atoms with Crippen LogP contribution in [0.25, 0.3) is 67.0 Å². The van der Waals surface area contributed by atoms with Gasteiger partial charge in [-0.3, -0.25) is 0 Å². The quantitative estimate of drug-likeness (QED) is 0.236. The maximum Gasteiger partial charge on any atom is 0.160 e. The lowest BCUT2D eigenvalue weighted by Crippen LogP contribution is -2.15. The third-order valence-corrected chi connectivity index (χ3v) is 8.30. The van der Waals surface area contributed by atoms with Crippen LogP contribution in [-0.4, -0.2) is 9.97 Å². The lowest BCUT2D eigenvalue weighted by atomic mass is 9.81. The monoisotopic (exact) mass is 514 g/mol. The highest BCUT2D eigenvalue weighted by Crippen LogP contribution is 2.53. The molecule has 1 aliphatic rings. The molecule has 0 unspecified atom stereocenters. The smallest absolute Gasteiger partial charge is 0.160 e. The predicted octanol–water partition coefficient (Wildman–Crippen LogP) is 9.68. The number of fused-ring (bicyclic) bond motifs is 7. The second-order valence-electron chi connectivity index (χ2n) is 11.0. The van der Waals surface area contributed by atoms with E-state index in [1.807, 2.05) is 30.3 Å². The largest absolute Gasteiger partial charge is 0.456 e. The van der Waals surface area contributed by atoms with Crippen LogP contribution in [-0.2, 0) is 5.41 Å². The molecule has 8 rings (SSSR count). The number of nitrogens with zero attached hydrogens (tertiary/aromatic N) is 2. The Morgan fingerprint density at radius 2 is 1.23 bits per heavy atom. The van der Waals surface area contributed by atoms with Crippen molar-refractivity contribution in [3.8, 4) is 45.0 Å². The Hall–Kier alpha value is -5.02. The van der Waals surface area contributed by atoms with E-state index < -0.39 is 0 Å². The van der Waals surface area contributed by atoms with Crippen LogP contribution in [0.5, 0.6) is 0 Å². The fraction of sp³-hybridized carbons (Fsp3) is 0.0811. The van der Waals surface area contributed by atoms with E-state index in [1.54, 1.807) is 0 Å². The van der Waals surface area contributed by atoms with Crippen LogP contribution in [0.15, 0.2) is 126 Å². The number of furan rings is 1. The summed E-state index contributed by atoms with van der Waals surface area (Å²) in [6.07, 6.45) is 0. The molecule has 2 heterocycles. The summed E-state index contributed by atoms with van der Waals surface area (Å²) in [7, 11) is 0. The van der Waals surface area contributed by atoms with Gasteiger partial charge in [0.25, 0.3) is 0 Å². The molecule has 5 aromatic carbocycles. The lowest BCUT2D eigenvalue weighted by molar-refractivity contribution is 0.657. The second-order valence-corrected chi connectivity index (χ2v) is 11.0. The van der Waals surface area contributed by atoms with Gasteiger partial charge in [0.2, 0.25) is 0 Å². The van der Waals surface area contributed by atoms with Gasteiger partial charge in [0.1, 0.15) is 11.2 Å². The first kappa shape index (κ1) is 22.9. The molecule has 190 valence electrons. The molecule has 1 aliphatic carbocycles. The molecule has 0 amide bonds. The van der Waals surface area contributed by atoms with Crippen molar-refractivity contribution in [1.82, 2.24) is 9.97 Å². The molecule has 3 nitrogen and oxygen atoms in total. The third-order valence-electron chi connectivity index (χ3n) is 8.30. The molecule has 0 radical (unpaired) electrons. The van der Waals surface area contributed by atoms with Crippen molar-refractivity contribution in [3.63, 3.8) is 0 Å². The molecule has 40 heavy (non-hydrogen) atoms. The Labute approximate surface area is 232 Å². The Bertz CT molecular complexity index is 2010. The van der Waals surface area contributed by atoms with E-state index in [2.05, 4.69) is 105 Å². The molecule has 0 aliphatic heterocycles. The first-order valence-electron chi connectivity index (χ1n) is 13.7. The highest BCUT2D eigenvalue weighted by atomic mass is 16.3. The number of aromatic nitrogens is 2. The molecule has 0 bridgehead atoms. The van der Waals surface area contributed by atoms with Crippen LogP contribution in [0.3, 0.4) is 0 Å². The minimum absolute atomic E-state index is 0.162. The van der Waals surface area contributed by atoms with Gasteiger partial charge in [0.05, 0.1) is 11.4 Å². The van der Waals surface area contributed by atoms with Crippen molar-refractivity contribution >= 4 is 21.9 Å². The van der Waals surface area contributed by atoms with Crippen molar-refractivity contribution < 1.29 is 4.42 Å². The molecule has 0 atom stereocenters. The Kier molecular flexibility index (Phi) is 4.86. The van der Waals surface area contributed by atoms with Gasteiger partial charge in [0, 0.05) is 32.9 Å². The number of para-hydroxylation sites is 1. The lowest BCUT2D eigenvalue weighted by Gasteiger charge is -2.22. The molecule has 2 aromatic heterocycles. The summed E-state index contributed by atoms with van der Waals surface area (Å²) in [4.78, 5) is 10.0. The SMILES string of the molecule is CC1(C)c2cc(-c3cc(-c4ccccc4)nc(-c4ccccc4)n3)ccc2-c2c1ccc1oc3ccccc3c21. The standard InChI is InChI=1S/C37H26N2O/c1-37(2)28-19-20-33-35(27-15-9-10-16-32(27)40-33)34(28)26-18-17-25(21-29(26)37)31-22-30(23-11-5-3-6-12-23)38-36(39-31)24-13-7-4-8-14-24/h3-22H,1-2H3. The summed E-state index contributed by atoms with van der Waals surface area (Å²) < 4.78 is 6.25. The highest BCUT2D eigenvalue weighted by molar-refractivity contribution is 6.15. The Balaban J connectivity index is 1.34. The van der Waals surface area contributed by atoms with Crippen LogP contribution in [0.1, 0.15) is 25.0 Å². The van der Waals surface area contributed by atoms with Crippen molar-refractivity contribution in [2.24, 2.45) is 0 Å². The second kappa shape index (κ2) is 8.49. The zero-order chi connectivity index (χ0) is 26.8. The molecular formula is C37H26N2O. The van der Waals surface area contributed by atoms with E-state index >= 15 is 0 Å². The minimum atomic E-state index is -0.162. The van der Waals surface area contributed by atoms with E-state index in [0.717, 1.165) is 50.5 Å². The van der Waals surface area contributed by atoms with Crippen LogP contribution >= 0.6 is 0 Å². The van der Waals surface area contributed by atoms with E-state index in [-0.39, 0.29) is 5.41 Å². The maximum absolute atomic E-state index is 6.25. The summed E-state index contributed by atoms with van der Waals surface area (Å²) in [5.41, 5.74) is 11.9. The third kappa shape index (κ3) is 3.37. The predicted molar refractivity (Wildman–Crippen MR) is 163 cm³/mol. The summed E-state index contributed by atoms with van der Waals surface area (Å²) in [5, 5.41) is 2.37. The van der Waals surface area contributed by atoms with E-state index in [4.69, 9.17) is 14.4 Å². The van der Waals surface area contributed by atoms with Gasteiger partial charge in [-0.05, 0) is 46.5 Å². The Morgan fingerprint density at radius 3 is 2.00 bits per heavy atom. The molecule has 7 aromatic rings. The van der Waals surface area contributed by atoms with E-state index in [0.29, 0.717) is 0 Å². The van der Waals surface area contributed by atoms with Crippen LogP contribution < -0.4 is 0 Å². The van der Waals surface area contributed by atoms with Crippen LogP contribution in [0.2, 0.25) is 0 Å². The zero-order valence-corrected chi connectivity index (χ0v) is 22.3. The van der Waals surface area contributed by atoms with E-state index in [1.165, 1.54) is 27.6 Å². The molecule has 0 fully saturated rings. The van der Waals surface area contributed by atoms with Crippen molar-refractivity contribution in [2.75, 3.05) is 0 Å². The first-order valence-corrected chi connectivity index (χ1v) is 13.7. The van der Waals surface area contributed by atoms with Gasteiger partial charge in [-0.25, -0.2) is 9.97 Å². The topological polar surface area (TPSA) is 38.9 Å². The van der Waals surface area contributed by atoms with Crippen LogP contribution in [0.4, 0.5) is 0 Å². The maximum atomic E-state index is 6.25. The van der Waals surface area contributed by atoms with Gasteiger partial charge < -0.3 is 4.42 Å². The number of hydrogen-bond acceptors (Lipinski definition) is 3. The van der Waals surface area contributed by atoms with Gasteiger partial charge in [-0.15, -0.1) is 0 Å². The average molecular weight is 515 g/mol.